The van der Waals surface area contributed by atoms with E-state index in [1.807, 2.05) is 13.8 Å². The van der Waals surface area contributed by atoms with Crippen molar-refractivity contribution in [3.63, 3.8) is 0 Å². The molecule has 4 rings (SSSR count). The number of hydrogen-bond acceptors (Lipinski definition) is 6. The number of carbonyl (C=O) groups excluding carboxylic acids is 1. The second-order valence-electron chi connectivity index (χ2n) is 6.97. The molecule has 3 aromatic rings. The number of nitrogens with zero attached hydrogens (tertiary/aromatic N) is 4. The number of aromatic nitrogens is 3. The summed E-state index contributed by atoms with van der Waals surface area (Å²) in [4.78, 5) is 27.0. The Morgan fingerprint density at radius 3 is 2.66 bits per heavy atom. The third kappa shape index (κ3) is 3.42. The number of rotatable bonds is 4. The quantitative estimate of drug-likeness (QED) is 0.709. The highest BCUT2D eigenvalue weighted by Crippen LogP contribution is 2.28. The van der Waals surface area contributed by atoms with E-state index in [1.165, 1.54) is 23.5 Å². The fourth-order valence-electron chi connectivity index (χ4n) is 3.56. The van der Waals surface area contributed by atoms with E-state index >= 15 is 0 Å². The van der Waals surface area contributed by atoms with E-state index in [0.717, 1.165) is 5.56 Å². The van der Waals surface area contributed by atoms with Crippen LogP contribution in [0.2, 0.25) is 0 Å². The van der Waals surface area contributed by atoms with Gasteiger partial charge in [0.15, 0.2) is 16.5 Å². The lowest BCUT2D eigenvalue weighted by molar-refractivity contribution is 0.0619. The van der Waals surface area contributed by atoms with Gasteiger partial charge in [-0.25, -0.2) is 4.39 Å². The Kier molecular flexibility index (Phi) is 4.91. The zero-order chi connectivity index (χ0) is 20.7. The molecule has 0 unspecified atom stereocenters. The Morgan fingerprint density at radius 2 is 1.97 bits per heavy atom. The van der Waals surface area contributed by atoms with Crippen molar-refractivity contribution < 1.29 is 14.3 Å². The average molecular weight is 414 g/mol. The van der Waals surface area contributed by atoms with E-state index in [2.05, 4.69) is 10.2 Å². The van der Waals surface area contributed by atoms with Crippen LogP contribution in [0.5, 0.6) is 5.75 Å². The SMILES string of the molecule is CCN1C(=O)c2c(O)c(=O)c(-c3nnc(Cc4ccc(F)cc4)s3)cn2C[C@H]1C. The molecule has 2 aromatic heterocycles. The number of halogens is 1. The minimum Gasteiger partial charge on any atom is -0.503 e. The van der Waals surface area contributed by atoms with Crippen LogP contribution in [-0.4, -0.2) is 43.3 Å². The highest BCUT2D eigenvalue weighted by atomic mass is 32.1. The van der Waals surface area contributed by atoms with Crippen molar-refractivity contribution in [3.8, 4) is 16.3 Å². The molecule has 7 nitrogen and oxygen atoms in total. The van der Waals surface area contributed by atoms with Gasteiger partial charge in [-0.1, -0.05) is 23.5 Å². The van der Waals surface area contributed by atoms with Crippen LogP contribution < -0.4 is 5.43 Å². The molecule has 0 aliphatic carbocycles. The predicted octanol–water partition coefficient (Wildman–Crippen LogP) is 2.67. The number of benzene rings is 1. The summed E-state index contributed by atoms with van der Waals surface area (Å²) >= 11 is 1.23. The zero-order valence-electron chi connectivity index (χ0n) is 15.9. The Hall–Kier alpha value is -3.07. The Balaban J connectivity index is 1.70. The Morgan fingerprint density at radius 1 is 1.24 bits per heavy atom. The highest BCUT2D eigenvalue weighted by molar-refractivity contribution is 7.14. The van der Waals surface area contributed by atoms with E-state index < -0.39 is 11.2 Å². The molecule has 0 saturated heterocycles. The van der Waals surface area contributed by atoms with Crippen LogP contribution in [0.15, 0.2) is 35.3 Å². The number of amides is 1. The predicted molar refractivity (Wildman–Crippen MR) is 107 cm³/mol. The van der Waals surface area contributed by atoms with Crippen molar-refractivity contribution >= 4 is 17.2 Å². The highest BCUT2D eigenvalue weighted by Gasteiger charge is 2.33. The molecular weight excluding hydrogens is 395 g/mol. The molecule has 0 saturated carbocycles. The van der Waals surface area contributed by atoms with Crippen molar-refractivity contribution in [2.75, 3.05) is 6.54 Å². The van der Waals surface area contributed by atoms with Crippen LogP contribution in [0, 0.1) is 5.82 Å². The van der Waals surface area contributed by atoms with E-state index in [0.29, 0.717) is 29.5 Å². The summed E-state index contributed by atoms with van der Waals surface area (Å²) in [6.07, 6.45) is 2.03. The van der Waals surface area contributed by atoms with E-state index in [1.54, 1.807) is 27.8 Å². The molecule has 9 heteroatoms. The molecule has 0 bridgehead atoms. The standard InChI is InChI=1S/C20H19FN4O3S/c1-3-25-11(2)9-24-10-14(17(26)18(27)16(24)20(25)28)19-23-22-15(29-19)8-12-4-6-13(21)7-5-12/h4-7,10-11,27H,3,8-9H2,1-2H3/t11-/m1/s1. The maximum absolute atomic E-state index is 13.1. The van der Waals surface area contributed by atoms with Gasteiger partial charge in [0.1, 0.15) is 10.8 Å². The summed E-state index contributed by atoms with van der Waals surface area (Å²) in [5, 5.41) is 19.7. The summed E-state index contributed by atoms with van der Waals surface area (Å²) < 4.78 is 14.7. The molecule has 150 valence electrons. The van der Waals surface area contributed by atoms with Gasteiger partial charge in [-0.3, -0.25) is 9.59 Å². The van der Waals surface area contributed by atoms with Gasteiger partial charge in [0.25, 0.3) is 5.91 Å². The first-order chi connectivity index (χ1) is 13.9. The van der Waals surface area contributed by atoms with Crippen LogP contribution in [-0.2, 0) is 13.0 Å². The van der Waals surface area contributed by atoms with Crippen molar-refractivity contribution in [2.24, 2.45) is 0 Å². The molecule has 1 atom stereocenters. The molecule has 1 aromatic carbocycles. The summed E-state index contributed by atoms with van der Waals surface area (Å²) in [5.41, 5.74) is 0.451. The van der Waals surface area contributed by atoms with Crippen molar-refractivity contribution in [1.29, 1.82) is 0 Å². The van der Waals surface area contributed by atoms with Crippen molar-refractivity contribution in [2.45, 2.75) is 32.9 Å². The molecule has 29 heavy (non-hydrogen) atoms. The van der Waals surface area contributed by atoms with Crippen LogP contribution in [0.4, 0.5) is 4.39 Å². The smallest absolute Gasteiger partial charge is 0.274 e. The Bertz CT molecular complexity index is 1140. The number of hydrogen-bond donors (Lipinski definition) is 1. The molecule has 0 fully saturated rings. The fourth-order valence-corrected chi connectivity index (χ4v) is 4.44. The van der Waals surface area contributed by atoms with Crippen molar-refractivity contribution in [1.82, 2.24) is 19.7 Å². The van der Waals surface area contributed by atoms with Gasteiger partial charge >= 0.3 is 0 Å². The van der Waals surface area contributed by atoms with E-state index in [9.17, 15) is 19.1 Å². The first-order valence-electron chi connectivity index (χ1n) is 9.23. The van der Waals surface area contributed by atoms with Gasteiger partial charge < -0.3 is 14.6 Å². The fraction of sp³-hybridized carbons (Fsp3) is 0.300. The summed E-state index contributed by atoms with van der Waals surface area (Å²) in [5.74, 6) is -1.23. The van der Waals surface area contributed by atoms with Gasteiger partial charge in [0.2, 0.25) is 5.43 Å². The van der Waals surface area contributed by atoms with Gasteiger partial charge in [0.05, 0.1) is 5.56 Å². The largest absolute Gasteiger partial charge is 0.503 e. The van der Waals surface area contributed by atoms with Gasteiger partial charge in [-0.05, 0) is 31.5 Å². The van der Waals surface area contributed by atoms with Crippen LogP contribution in [0.3, 0.4) is 0 Å². The van der Waals surface area contributed by atoms with E-state index in [4.69, 9.17) is 0 Å². The maximum atomic E-state index is 13.1. The monoisotopic (exact) mass is 414 g/mol. The molecule has 1 N–H and O–H groups in total. The second kappa shape index (κ2) is 7.40. The number of likely N-dealkylation sites (N-methyl/N-ethyl adjacent to an activating group) is 1. The zero-order valence-corrected chi connectivity index (χ0v) is 16.7. The number of aromatic hydroxyl groups is 1. The topological polar surface area (TPSA) is 88.3 Å². The van der Waals surface area contributed by atoms with Crippen molar-refractivity contribution in [3.05, 3.63) is 62.8 Å². The third-order valence-corrected chi connectivity index (χ3v) is 5.98. The van der Waals surface area contributed by atoms with Gasteiger partial charge in [-0.2, -0.15) is 0 Å². The lowest BCUT2D eigenvalue weighted by Crippen LogP contribution is -2.47. The summed E-state index contributed by atoms with van der Waals surface area (Å²) in [6, 6.07) is 6.04. The van der Waals surface area contributed by atoms with Crippen LogP contribution in [0.25, 0.3) is 10.6 Å². The molecule has 1 amide bonds. The minimum absolute atomic E-state index is 0.00903. The molecular formula is C20H19FN4O3S. The maximum Gasteiger partial charge on any atom is 0.274 e. The Labute approximate surface area is 170 Å². The normalized spacial score (nSPS) is 16.2. The first-order valence-corrected chi connectivity index (χ1v) is 10.0. The van der Waals surface area contributed by atoms with Crippen LogP contribution in [0.1, 0.15) is 34.9 Å². The minimum atomic E-state index is -0.639. The van der Waals surface area contributed by atoms with Crippen LogP contribution >= 0.6 is 11.3 Å². The van der Waals surface area contributed by atoms with E-state index in [-0.39, 0.29) is 29.0 Å². The van der Waals surface area contributed by atoms with Gasteiger partial charge in [-0.15, -0.1) is 10.2 Å². The molecule has 3 heterocycles. The van der Waals surface area contributed by atoms with Gasteiger partial charge in [0, 0.05) is 31.7 Å². The first kappa shape index (κ1) is 19.3. The number of carbonyl (C=O) groups is 1. The molecule has 1 aliphatic heterocycles. The lowest BCUT2D eigenvalue weighted by atomic mass is 10.1. The second-order valence-corrected chi connectivity index (χ2v) is 8.03. The summed E-state index contributed by atoms with van der Waals surface area (Å²) in [7, 11) is 0. The summed E-state index contributed by atoms with van der Waals surface area (Å²) in [6.45, 7) is 4.75. The number of pyridine rings is 1. The molecule has 0 spiro atoms. The molecule has 1 aliphatic rings. The number of fused-ring (bicyclic) bond motifs is 1. The average Bonchev–Trinajstić information content (AvgIpc) is 3.14. The third-order valence-electron chi connectivity index (χ3n) is 5.02. The lowest BCUT2D eigenvalue weighted by Gasteiger charge is -2.35. The molecule has 0 radical (unpaired) electrons.